The lowest BCUT2D eigenvalue weighted by Gasteiger charge is -2.12. The first kappa shape index (κ1) is 25.0. The molecule has 35 heavy (non-hydrogen) atoms. The molecule has 2 N–H and O–H groups in total. The van der Waals surface area contributed by atoms with Crippen molar-refractivity contribution in [3.8, 4) is 0 Å². The topological polar surface area (TPSA) is 162 Å². The quantitative estimate of drug-likeness (QED) is 0.333. The number of amides is 2. The van der Waals surface area contributed by atoms with Crippen molar-refractivity contribution in [2.45, 2.75) is 40.2 Å². The van der Waals surface area contributed by atoms with Crippen molar-refractivity contribution in [3.63, 3.8) is 0 Å². The number of nitro groups is 2. The number of hydrogen-bond acceptors (Lipinski definition) is 7. The van der Waals surface area contributed by atoms with Crippen LogP contribution >= 0.6 is 0 Å². The molecule has 2 amide bonds. The largest absolute Gasteiger partial charge is 0.321 e. The number of para-hydroxylation sites is 1. The first-order chi connectivity index (χ1) is 16.6. The van der Waals surface area contributed by atoms with Crippen molar-refractivity contribution < 1.29 is 19.4 Å². The predicted molar refractivity (Wildman–Crippen MR) is 129 cm³/mol. The Morgan fingerprint density at radius 1 is 0.971 bits per heavy atom. The van der Waals surface area contributed by atoms with Crippen LogP contribution in [0.5, 0.6) is 0 Å². The Kier molecular flexibility index (Phi) is 7.54. The number of carbonyl (C=O) groups is 2. The zero-order chi connectivity index (χ0) is 25.7. The number of nitrogens with one attached hydrogen (secondary N) is 2. The van der Waals surface area contributed by atoms with Crippen molar-refractivity contribution in [2.24, 2.45) is 0 Å². The molecule has 0 aliphatic heterocycles. The molecular formula is C23H24N6O6. The number of carbonyl (C=O) groups excluding carboxylic acids is 2. The van der Waals surface area contributed by atoms with Crippen LogP contribution in [0.25, 0.3) is 0 Å². The summed E-state index contributed by atoms with van der Waals surface area (Å²) in [6.45, 7) is 6.44. The third-order valence-corrected chi connectivity index (χ3v) is 5.35. The molecule has 0 radical (unpaired) electrons. The molecule has 0 unspecified atom stereocenters. The van der Waals surface area contributed by atoms with E-state index in [4.69, 9.17) is 0 Å². The highest BCUT2D eigenvalue weighted by molar-refractivity contribution is 6.13. The molecular weight excluding hydrogens is 456 g/mol. The number of nitro benzene ring substituents is 2. The fourth-order valence-corrected chi connectivity index (χ4v) is 3.51. The maximum Gasteiger partial charge on any atom is 0.277 e. The number of hydrogen-bond donors (Lipinski definition) is 2. The van der Waals surface area contributed by atoms with Gasteiger partial charge < -0.3 is 10.6 Å². The van der Waals surface area contributed by atoms with E-state index < -0.39 is 33.0 Å². The van der Waals surface area contributed by atoms with E-state index in [2.05, 4.69) is 22.7 Å². The third kappa shape index (κ3) is 5.66. The number of nitrogens with zero attached hydrogens (tertiary/aromatic N) is 4. The van der Waals surface area contributed by atoms with Crippen LogP contribution in [-0.4, -0.2) is 31.4 Å². The van der Waals surface area contributed by atoms with Gasteiger partial charge in [0.15, 0.2) is 0 Å². The van der Waals surface area contributed by atoms with Crippen LogP contribution in [0, 0.1) is 34.1 Å². The van der Waals surface area contributed by atoms with E-state index in [1.807, 2.05) is 11.6 Å². The van der Waals surface area contributed by atoms with Crippen LogP contribution in [0.4, 0.5) is 22.7 Å². The van der Waals surface area contributed by atoms with Crippen LogP contribution in [0.15, 0.2) is 42.5 Å². The molecule has 0 atom stereocenters. The minimum Gasteiger partial charge on any atom is -0.321 e. The van der Waals surface area contributed by atoms with Crippen LogP contribution in [0.1, 0.15) is 51.9 Å². The molecule has 1 heterocycles. The van der Waals surface area contributed by atoms with Gasteiger partial charge in [-0.15, -0.1) is 0 Å². The van der Waals surface area contributed by atoms with Crippen LogP contribution in [0.2, 0.25) is 0 Å². The average molecular weight is 480 g/mol. The standard InChI is InChI=1S/C23H24N6O6/c1-4-5-10-27-15(3)21(14(2)26-27)25-23(31)19-8-6-7-9-20(19)24-22(30)16-11-17(28(32)33)13-18(12-16)29(34)35/h6-9,11-13H,4-5,10H2,1-3H3,(H,24,30)(H,25,31). The predicted octanol–water partition coefficient (Wildman–Crippen LogP) is 4.62. The fourth-order valence-electron chi connectivity index (χ4n) is 3.51. The summed E-state index contributed by atoms with van der Waals surface area (Å²) < 4.78 is 1.83. The van der Waals surface area contributed by atoms with E-state index in [1.165, 1.54) is 12.1 Å². The molecule has 1 aromatic heterocycles. The van der Waals surface area contributed by atoms with E-state index in [0.29, 0.717) is 11.4 Å². The Hall–Kier alpha value is -4.61. The second kappa shape index (κ2) is 10.5. The summed E-state index contributed by atoms with van der Waals surface area (Å²) in [6, 6.07) is 8.85. The number of unbranched alkanes of at least 4 members (excludes halogenated alkanes) is 1. The van der Waals surface area contributed by atoms with Gasteiger partial charge in [-0.2, -0.15) is 5.10 Å². The monoisotopic (exact) mass is 480 g/mol. The molecule has 0 bridgehead atoms. The Morgan fingerprint density at radius 3 is 2.20 bits per heavy atom. The summed E-state index contributed by atoms with van der Waals surface area (Å²) in [5, 5.41) is 32.1. The van der Waals surface area contributed by atoms with Gasteiger partial charge in [-0.3, -0.25) is 34.5 Å². The Morgan fingerprint density at radius 2 is 1.60 bits per heavy atom. The highest BCUT2D eigenvalue weighted by Gasteiger charge is 2.22. The molecule has 0 aliphatic rings. The summed E-state index contributed by atoms with van der Waals surface area (Å²) in [6.07, 6.45) is 1.95. The maximum atomic E-state index is 13.1. The van der Waals surface area contributed by atoms with Crippen LogP contribution in [-0.2, 0) is 6.54 Å². The molecule has 0 fully saturated rings. The summed E-state index contributed by atoms with van der Waals surface area (Å²) in [7, 11) is 0. The normalized spacial score (nSPS) is 10.6. The SMILES string of the molecule is CCCCn1nc(C)c(NC(=O)c2ccccc2NC(=O)c2cc([N+](=O)[O-])cc([N+](=O)[O-])c2)c1C. The van der Waals surface area contributed by atoms with Gasteiger partial charge in [-0.25, -0.2) is 0 Å². The van der Waals surface area contributed by atoms with E-state index >= 15 is 0 Å². The lowest BCUT2D eigenvalue weighted by molar-refractivity contribution is -0.394. The molecule has 3 rings (SSSR count). The van der Waals surface area contributed by atoms with Crippen LogP contribution < -0.4 is 10.6 Å². The first-order valence-corrected chi connectivity index (χ1v) is 10.8. The second-order valence-corrected chi connectivity index (χ2v) is 7.83. The van der Waals surface area contributed by atoms with Crippen LogP contribution in [0.3, 0.4) is 0 Å². The lowest BCUT2D eigenvalue weighted by Crippen LogP contribution is -2.19. The lowest BCUT2D eigenvalue weighted by atomic mass is 10.1. The Balaban J connectivity index is 1.87. The van der Waals surface area contributed by atoms with Gasteiger partial charge in [0, 0.05) is 18.7 Å². The van der Waals surface area contributed by atoms with Gasteiger partial charge in [0.2, 0.25) is 0 Å². The molecule has 0 saturated heterocycles. The summed E-state index contributed by atoms with van der Waals surface area (Å²) in [5.41, 5.74) is 0.820. The van der Waals surface area contributed by atoms with Crippen molar-refractivity contribution in [1.29, 1.82) is 0 Å². The second-order valence-electron chi connectivity index (χ2n) is 7.83. The van der Waals surface area contributed by atoms with E-state index in [9.17, 15) is 29.8 Å². The number of rotatable bonds is 9. The van der Waals surface area contributed by atoms with Crippen molar-refractivity contribution in [3.05, 3.63) is 85.2 Å². The van der Waals surface area contributed by atoms with Gasteiger partial charge in [-0.05, 0) is 32.4 Å². The molecule has 0 saturated carbocycles. The van der Waals surface area contributed by atoms with Gasteiger partial charge in [-0.1, -0.05) is 25.5 Å². The molecule has 182 valence electrons. The first-order valence-electron chi connectivity index (χ1n) is 10.8. The molecule has 12 nitrogen and oxygen atoms in total. The van der Waals surface area contributed by atoms with E-state index in [-0.39, 0.29) is 16.8 Å². The smallest absolute Gasteiger partial charge is 0.277 e. The molecule has 0 spiro atoms. The number of aryl methyl sites for hydroxylation is 2. The highest BCUT2D eigenvalue weighted by Crippen LogP contribution is 2.26. The Labute approximate surface area is 200 Å². The molecule has 3 aromatic rings. The van der Waals surface area contributed by atoms with Gasteiger partial charge in [0.25, 0.3) is 23.2 Å². The number of benzene rings is 2. The van der Waals surface area contributed by atoms with E-state index in [1.54, 1.807) is 19.1 Å². The fraction of sp³-hybridized carbons (Fsp3) is 0.261. The zero-order valence-electron chi connectivity index (χ0n) is 19.4. The Bertz CT molecular complexity index is 1280. The van der Waals surface area contributed by atoms with E-state index in [0.717, 1.165) is 43.3 Å². The summed E-state index contributed by atoms with van der Waals surface area (Å²) in [4.78, 5) is 46.5. The molecule has 0 aliphatic carbocycles. The van der Waals surface area contributed by atoms with Gasteiger partial charge in [0.05, 0.1) is 49.8 Å². The third-order valence-electron chi connectivity index (χ3n) is 5.35. The number of non-ortho nitro benzene ring substituents is 2. The van der Waals surface area contributed by atoms with Crippen molar-refractivity contribution in [1.82, 2.24) is 9.78 Å². The summed E-state index contributed by atoms with van der Waals surface area (Å²) >= 11 is 0. The van der Waals surface area contributed by atoms with Gasteiger partial charge >= 0.3 is 0 Å². The number of anilines is 2. The maximum absolute atomic E-state index is 13.1. The average Bonchev–Trinajstić information content (AvgIpc) is 3.09. The minimum absolute atomic E-state index is 0.137. The van der Waals surface area contributed by atoms with Crippen molar-refractivity contribution in [2.75, 3.05) is 10.6 Å². The van der Waals surface area contributed by atoms with Crippen molar-refractivity contribution >= 4 is 34.6 Å². The summed E-state index contributed by atoms with van der Waals surface area (Å²) in [5.74, 6) is -1.33. The zero-order valence-corrected chi connectivity index (χ0v) is 19.4. The molecule has 12 heteroatoms. The molecule has 2 aromatic carbocycles. The minimum atomic E-state index is -0.836. The number of aromatic nitrogens is 2. The highest BCUT2D eigenvalue weighted by atomic mass is 16.6. The van der Waals surface area contributed by atoms with Gasteiger partial charge in [0.1, 0.15) is 0 Å².